The van der Waals surface area contributed by atoms with Crippen LogP contribution in [0.5, 0.6) is 0 Å². The SMILES string of the molecule is O=C(CNC1(C(=O)O)CCC1)N1CCOC1=O. The highest BCUT2D eigenvalue weighted by Crippen LogP contribution is 2.31. The van der Waals surface area contributed by atoms with Gasteiger partial charge in [0.05, 0.1) is 13.1 Å². The van der Waals surface area contributed by atoms with Gasteiger partial charge in [0.1, 0.15) is 12.1 Å². The molecule has 1 aliphatic heterocycles. The van der Waals surface area contributed by atoms with E-state index in [0.717, 1.165) is 11.3 Å². The number of nitrogens with one attached hydrogen (secondary N) is 1. The van der Waals surface area contributed by atoms with Crippen LogP contribution in [0.25, 0.3) is 0 Å². The van der Waals surface area contributed by atoms with Gasteiger partial charge in [0.15, 0.2) is 0 Å². The van der Waals surface area contributed by atoms with Gasteiger partial charge in [0.2, 0.25) is 5.91 Å². The van der Waals surface area contributed by atoms with Gasteiger partial charge in [-0.3, -0.25) is 14.9 Å². The summed E-state index contributed by atoms with van der Waals surface area (Å²) in [6.45, 7) is 0.287. The van der Waals surface area contributed by atoms with E-state index in [0.29, 0.717) is 12.8 Å². The number of carboxylic acid groups (broad SMARTS) is 1. The number of ether oxygens (including phenoxy) is 1. The maximum absolute atomic E-state index is 11.6. The minimum absolute atomic E-state index is 0.151. The molecular weight excluding hydrogens is 228 g/mol. The summed E-state index contributed by atoms with van der Waals surface area (Å²) >= 11 is 0. The average Bonchev–Trinajstić information content (AvgIpc) is 2.62. The zero-order valence-corrected chi connectivity index (χ0v) is 9.27. The van der Waals surface area contributed by atoms with Crippen LogP contribution in [0, 0.1) is 0 Å². The van der Waals surface area contributed by atoms with Crippen LogP contribution in [-0.2, 0) is 14.3 Å². The lowest BCUT2D eigenvalue weighted by Gasteiger charge is -2.38. The zero-order valence-electron chi connectivity index (χ0n) is 9.27. The van der Waals surface area contributed by atoms with E-state index < -0.39 is 23.5 Å². The monoisotopic (exact) mass is 242 g/mol. The molecule has 2 N–H and O–H groups in total. The molecule has 2 rings (SSSR count). The predicted octanol–water partition coefficient (Wildman–Crippen LogP) is -0.438. The first-order valence-electron chi connectivity index (χ1n) is 5.51. The number of amides is 2. The van der Waals surface area contributed by atoms with Crippen molar-refractivity contribution in [3.05, 3.63) is 0 Å². The van der Waals surface area contributed by atoms with Crippen LogP contribution in [0.2, 0.25) is 0 Å². The number of aliphatic carboxylic acids is 1. The fourth-order valence-electron chi connectivity index (χ4n) is 1.96. The predicted molar refractivity (Wildman–Crippen MR) is 55.3 cm³/mol. The largest absolute Gasteiger partial charge is 0.480 e. The Kier molecular flexibility index (Phi) is 3.01. The molecule has 0 aromatic rings. The van der Waals surface area contributed by atoms with Gasteiger partial charge in [-0.25, -0.2) is 9.69 Å². The molecule has 0 atom stereocenters. The normalized spacial score (nSPS) is 21.9. The van der Waals surface area contributed by atoms with Crippen LogP contribution >= 0.6 is 0 Å². The Labute approximate surface area is 97.7 Å². The first kappa shape index (κ1) is 11.8. The highest BCUT2D eigenvalue weighted by atomic mass is 16.6. The van der Waals surface area contributed by atoms with E-state index >= 15 is 0 Å². The highest BCUT2D eigenvalue weighted by molar-refractivity contribution is 5.94. The van der Waals surface area contributed by atoms with E-state index in [1.807, 2.05) is 0 Å². The second-order valence-corrected chi connectivity index (χ2v) is 4.25. The number of cyclic esters (lactones) is 1. The molecule has 2 amide bonds. The standard InChI is InChI=1S/C10H14N2O5/c13-7(12-4-5-17-9(12)16)6-11-10(8(14)15)2-1-3-10/h11H,1-6H2,(H,14,15). The quantitative estimate of drug-likeness (QED) is 0.694. The second-order valence-electron chi connectivity index (χ2n) is 4.25. The number of hydrogen-bond acceptors (Lipinski definition) is 5. The third kappa shape index (κ3) is 2.10. The first-order chi connectivity index (χ1) is 8.05. The average molecular weight is 242 g/mol. The van der Waals surface area contributed by atoms with Gasteiger partial charge in [-0.15, -0.1) is 0 Å². The summed E-state index contributed by atoms with van der Waals surface area (Å²) in [6.07, 6.45) is 1.20. The van der Waals surface area contributed by atoms with Crippen molar-refractivity contribution in [1.82, 2.24) is 10.2 Å². The molecule has 1 saturated carbocycles. The van der Waals surface area contributed by atoms with Crippen molar-refractivity contribution >= 4 is 18.0 Å². The summed E-state index contributed by atoms with van der Waals surface area (Å²) in [6, 6.07) is 0. The second kappa shape index (κ2) is 4.33. The summed E-state index contributed by atoms with van der Waals surface area (Å²) in [7, 11) is 0. The topological polar surface area (TPSA) is 95.9 Å². The summed E-state index contributed by atoms with van der Waals surface area (Å²) in [5.74, 6) is -1.39. The van der Waals surface area contributed by atoms with E-state index in [-0.39, 0.29) is 19.7 Å². The number of carboxylic acids is 1. The molecule has 1 aliphatic carbocycles. The Morgan fingerprint density at radius 2 is 2.18 bits per heavy atom. The summed E-state index contributed by atoms with van der Waals surface area (Å²) < 4.78 is 4.63. The van der Waals surface area contributed by atoms with Gasteiger partial charge < -0.3 is 9.84 Å². The Bertz CT molecular complexity index is 364. The third-order valence-corrected chi connectivity index (χ3v) is 3.26. The number of nitrogens with zero attached hydrogens (tertiary/aromatic N) is 1. The summed E-state index contributed by atoms with van der Waals surface area (Å²) in [5.41, 5.74) is -0.987. The Morgan fingerprint density at radius 3 is 2.59 bits per heavy atom. The van der Waals surface area contributed by atoms with Gasteiger partial charge in [0, 0.05) is 0 Å². The van der Waals surface area contributed by atoms with Crippen LogP contribution in [0.3, 0.4) is 0 Å². The zero-order chi connectivity index (χ0) is 12.5. The molecule has 0 spiro atoms. The fraction of sp³-hybridized carbons (Fsp3) is 0.700. The van der Waals surface area contributed by atoms with Crippen LogP contribution in [0.1, 0.15) is 19.3 Å². The van der Waals surface area contributed by atoms with Gasteiger partial charge in [-0.1, -0.05) is 0 Å². The first-order valence-corrected chi connectivity index (χ1v) is 5.51. The molecule has 2 fully saturated rings. The summed E-state index contributed by atoms with van der Waals surface area (Å²) in [5, 5.41) is 11.8. The highest BCUT2D eigenvalue weighted by Gasteiger charge is 2.44. The minimum atomic E-state index is -0.987. The number of carbonyl (C=O) groups is 3. The molecule has 0 unspecified atom stereocenters. The van der Waals surface area contributed by atoms with E-state index in [1.165, 1.54) is 0 Å². The van der Waals surface area contributed by atoms with E-state index in [1.54, 1.807) is 0 Å². The Hall–Kier alpha value is -1.63. The van der Waals surface area contributed by atoms with Gasteiger partial charge in [-0.05, 0) is 19.3 Å². The van der Waals surface area contributed by atoms with Crippen molar-refractivity contribution in [2.24, 2.45) is 0 Å². The van der Waals surface area contributed by atoms with Crippen LogP contribution in [0.15, 0.2) is 0 Å². The molecule has 94 valence electrons. The fourth-order valence-corrected chi connectivity index (χ4v) is 1.96. The molecule has 0 aromatic carbocycles. The molecule has 2 aliphatic rings. The van der Waals surface area contributed by atoms with Crippen LogP contribution < -0.4 is 5.32 Å². The number of imide groups is 1. The molecule has 0 bridgehead atoms. The molecule has 0 radical (unpaired) electrons. The van der Waals surface area contributed by atoms with E-state index in [4.69, 9.17) is 5.11 Å². The van der Waals surface area contributed by atoms with Crippen molar-refractivity contribution in [3.63, 3.8) is 0 Å². The van der Waals surface area contributed by atoms with E-state index in [9.17, 15) is 14.4 Å². The van der Waals surface area contributed by atoms with Gasteiger partial charge >= 0.3 is 12.1 Å². The molecular formula is C10H14N2O5. The number of rotatable bonds is 4. The lowest BCUT2D eigenvalue weighted by molar-refractivity contribution is -0.149. The number of carbonyl (C=O) groups excluding carboxylic acids is 2. The van der Waals surface area contributed by atoms with Crippen LogP contribution in [-0.4, -0.2) is 53.2 Å². The number of hydrogen-bond donors (Lipinski definition) is 2. The van der Waals surface area contributed by atoms with Crippen molar-refractivity contribution in [3.8, 4) is 0 Å². The minimum Gasteiger partial charge on any atom is -0.480 e. The Morgan fingerprint density at radius 1 is 1.47 bits per heavy atom. The Balaban J connectivity index is 1.87. The molecule has 7 nitrogen and oxygen atoms in total. The smallest absolute Gasteiger partial charge is 0.416 e. The van der Waals surface area contributed by atoms with Crippen molar-refractivity contribution in [2.45, 2.75) is 24.8 Å². The van der Waals surface area contributed by atoms with E-state index in [2.05, 4.69) is 10.1 Å². The summed E-state index contributed by atoms with van der Waals surface area (Å²) in [4.78, 5) is 34.7. The van der Waals surface area contributed by atoms with Gasteiger partial charge in [0.25, 0.3) is 0 Å². The van der Waals surface area contributed by atoms with Crippen LogP contribution in [0.4, 0.5) is 4.79 Å². The molecule has 7 heteroatoms. The molecule has 1 saturated heterocycles. The van der Waals surface area contributed by atoms with Crippen molar-refractivity contribution in [1.29, 1.82) is 0 Å². The maximum Gasteiger partial charge on any atom is 0.416 e. The molecule has 0 aromatic heterocycles. The lowest BCUT2D eigenvalue weighted by Crippen LogP contribution is -2.59. The van der Waals surface area contributed by atoms with Crippen molar-refractivity contribution in [2.75, 3.05) is 19.7 Å². The lowest BCUT2D eigenvalue weighted by atomic mass is 9.77. The molecule has 1 heterocycles. The van der Waals surface area contributed by atoms with Crippen molar-refractivity contribution < 1.29 is 24.2 Å². The molecule has 17 heavy (non-hydrogen) atoms. The third-order valence-electron chi connectivity index (χ3n) is 3.26. The maximum atomic E-state index is 11.6. The van der Waals surface area contributed by atoms with Gasteiger partial charge in [-0.2, -0.15) is 0 Å².